The maximum Gasteiger partial charge on any atom is 0.0716 e. The lowest BCUT2D eigenvalue weighted by Crippen LogP contribution is -2.32. The quantitative estimate of drug-likeness (QED) is 0.756. The van der Waals surface area contributed by atoms with Crippen LogP contribution in [-0.2, 0) is 11.3 Å². The molecule has 2 unspecified atom stereocenters. The third-order valence-electron chi connectivity index (χ3n) is 4.08. The summed E-state index contributed by atoms with van der Waals surface area (Å²) >= 11 is 0. The second-order valence-electron chi connectivity index (χ2n) is 5.64. The predicted molar refractivity (Wildman–Crippen MR) is 78.8 cm³/mol. The van der Waals surface area contributed by atoms with Gasteiger partial charge >= 0.3 is 0 Å². The Morgan fingerprint density at radius 2 is 2.11 bits per heavy atom. The van der Waals surface area contributed by atoms with Gasteiger partial charge in [0.2, 0.25) is 0 Å². The molecule has 0 radical (unpaired) electrons. The molecule has 1 aromatic rings. The van der Waals surface area contributed by atoms with Gasteiger partial charge in [-0.15, -0.1) is 0 Å². The minimum atomic E-state index is 0.229. The van der Waals surface area contributed by atoms with Crippen molar-refractivity contribution in [3.05, 3.63) is 35.4 Å². The van der Waals surface area contributed by atoms with Crippen molar-refractivity contribution < 1.29 is 4.74 Å². The summed E-state index contributed by atoms with van der Waals surface area (Å²) in [7, 11) is 1.73. The molecule has 3 N–H and O–H groups in total. The molecule has 1 aliphatic rings. The maximum absolute atomic E-state index is 5.94. The van der Waals surface area contributed by atoms with E-state index in [9.17, 15) is 0 Å². The number of ether oxygens (including phenoxy) is 1. The molecule has 2 atom stereocenters. The average molecular weight is 262 g/mol. The first-order chi connectivity index (χ1) is 9.26. The molecule has 0 saturated heterocycles. The normalized spacial score (nSPS) is 18.3. The molecule has 1 saturated carbocycles. The number of nitrogens with two attached hydrogens (primary N) is 1. The molecule has 3 nitrogen and oxygen atoms in total. The molecule has 2 rings (SSSR count). The topological polar surface area (TPSA) is 47.3 Å². The number of nitrogens with one attached hydrogen (secondary N) is 1. The number of hydrogen-bond donors (Lipinski definition) is 2. The zero-order chi connectivity index (χ0) is 13.7. The molecule has 19 heavy (non-hydrogen) atoms. The molecule has 3 heteroatoms. The molecule has 1 aliphatic carbocycles. The van der Waals surface area contributed by atoms with Crippen LogP contribution in [0.25, 0.3) is 0 Å². The summed E-state index contributed by atoms with van der Waals surface area (Å²) in [4.78, 5) is 0. The Balaban J connectivity index is 1.99. The van der Waals surface area contributed by atoms with Crippen molar-refractivity contribution in [2.24, 2.45) is 17.6 Å². The van der Waals surface area contributed by atoms with Crippen LogP contribution in [0.15, 0.2) is 24.3 Å². The predicted octanol–water partition coefficient (Wildman–Crippen LogP) is 2.47. The number of methoxy groups -OCH3 is 1. The largest absolute Gasteiger partial charge is 0.380 e. The third kappa shape index (κ3) is 4.03. The fourth-order valence-electron chi connectivity index (χ4n) is 2.64. The van der Waals surface area contributed by atoms with Crippen LogP contribution in [-0.4, -0.2) is 20.2 Å². The van der Waals surface area contributed by atoms with E-state index in [1.165, 1.54) is 24.0 Å². The maximum atomic E-state index is 5.94. The first kappa shape index (κ1) is 14.5. The Morgan fingerprint density at radius 1 is 1.37 bits per heavy atom. The highest BCUT2D eigenvalue weighted by molar-refractivity contribution is 5.29. The number of benzene rings is 1. The Labute approximate surface area is 116 Å². The van der Waals surface area contributed by atoms with E-state index in [4.69, 9.17) is 10.5 Å². The van der Waals surface area contributed by atoms with Crippen molar-refractivity contribution in [2.45, 2.75) is 32.4 Å². The van der Waals surface area contributed by atoms with Crippen LogP contribution >= 0.6 is 0 Å². The van der Waals surface area contributed by atoms with Crippen LogP contribution in [0.1, 0.15) is 36.9 Å². The number of hydrogen-bond acceptors (Lipinski definition) is 3. The average Bonchev–Trinajstić information content (AvgIpc) is 3.25. The van der Waals surface area contributed by atoms with Gasteiger partial charge in [0.05, 0.1) is 6.61 Å². The molecule has 1 aromatic carbocycles. The molecule has 0 aliphatic heterocycles. The highest BCUT2D eigenvalue weighted by Gasteiger charge is 2.28. The van der Waals surface area contributed by atoms with Crippen molar-refractivity contribution >= 4 is 0 Å². The van der Waals surface area contributed by atoms with Gasteiger partial charge in [0, 0.05) is 19.7 Å². The van der Waals surface area contributed by atoms with Crippen molar-refractivity contribution in [1.82, 2.24) is 5.32 Å². The van der Waals surface area contributed by atoms with Gasteiger partial charge in [0.1, 0.15) is 0 Å². The van der Waals surface area contributed by atoms with E-state index in [1.54, 1.807) is 7.11 Å². The molecule has 0 heterocycles. The third-order valence-corrected chi connectivity index (χ3v) is 4.08. The molecule has 0 amide bonds. The van der Waals surface area contributed by atoms with Crippen molar-refractivity contribution in [3.8, 4) is 0 Å². The highest BCUT2D eigenvalue weighted by Crippen LogP contribution is 2.36. The minimum Gasteiger partial charge on any atom is -0.380 e. The van der Waals surface area contributed by atoms with Gasteiger partial charge in [0.25, 0.3) is 0 Å². The van der Waals surface area contributed by atoms with Gasteiger partial charge in [-0.1, -0.05) is 31.2 Å². The molecule has 1 fully saturated rings. The second kappa shape index (κ2) is 7.04. The van der Waals surface area contributed by atoms with Gasteiger partial charge in [0.15, 0.2) is 0 Å². The smallest absolute Gasteiger partial charge is 0.0716 e. The molecular weight excluding hydrogens is 236 g/mol. The Morgan fingerprint density at radius 3 is 2.74 bits per heavy atom. The Bertz CT molecular complexity index is 390. The van der Waals surface area contributed by atoms with Gasteiger partial charge < -0.3 is 15.8 Å². The van der Waals surface area contributed by atoms with Crippen molar-refractivity contribution in [3.63, 3.8) is 0 Å². The summed E-state index contributed by atoms with van der Waals surface area (Å²) in [5.41, 5.74) is 8.45. The Hall–Kier alpha value is -0.900. The van der Waals surface area contributed by atoms with Crippen LogP contribution in [0.4, 0.5) is 0 Å². The Kier molecular flexibility index (Phi) is 5.37. The standard InChI is InChI=1S/C16H26N2O/c1-12(13-7-8-13)10-18-16(9-17)15-6-4-3-5-14(15)11-19-2/h3-6,12-13,16,18H,7-11,17H2,1-2H3. The SMILES string of the molecule is COCc1ccccc1C(CN)NCC(C)C1CC1. The first-order valence-corrected chi connectivity index (χ1v) is 7.26. The lowest BCUT2D eigenvalue weighted by Gasteiger charge is -2.22. The highest BCUT2D eigenvalue weighted by atomic mass is 16.5. The summed E-state index contributed by atoms with van der Waals surface area (Å²) in [5.74, 6) is 1.68. The van der Waals surface area contributed by atoms with E-state index in [0.29, 0.717) is 13.2 Å². The van der Waals surface area contributed by atoms with Crippen molar-refractivity contribution in [2.75, 3.05) is 20.2 Å². The summed E-state index contributed by atoms with van der Waals surface area (Å²) in [6.45, 7) is 4.65. The van der Waals surface area contributed by atoms with E-state index >= 15 is 0 Å². The van der Waals surface area contributed by atoms with Gasteiger partial charge in [-0.05, 0) is 42.3 Å². The molecule has 0 aromatic heterocycles. The summed E-state index contributed by atoms with van der Waals surface area (Å²) < 4.78 is 5.27. The second-order valence-corrected chi connectivity index (χ2v) is 5.64. The van der Waals surface area contributed by atoms with E-state index in [-0.39, 0.29) is 6.04 Å². The van der Waals surface area contributed by atoms with Gasteiger partial charge in [-0.25, -0.2) is 0 Å². The van der Waals surface area contributed by atoms with Crippen LogP contribution < -0.4 is 11.1 Å². The fourth-order valence-corrected chi connectivity index (χ4v) is 2.64. The molecular formula is C16H26N2O. The molecule has 0 spiro atoms. The lowest BCUT2D eigenvalue weighted by atomic mass is 9.99. The van der Waals surface area contributed by atoms with Crippen LogP contribution in [0.2, 0.25) is 0 Å². The minimum absolute atomic E-state index is 0.229. The molecule has 0 bridgehead atoms. The summed E-state index contributed by atoms with van der Waals surface area (Å²) in [6, 6.07) is 8.63. The summed E-state index contributed by atoms with van der Waals surface area (Å²) in [5, 5.41) is 3.63. The number of rotatable bonds is 8. The van der Waals surface area contributed by atoms with E-state index in [2.05, 4.69) is 36.5 Å². The molecule has 106 valence electrons. The van der Waals surface area contributed by atoms with Crippen LogP contribution in [0.5, 0.6) is 0 Å². The fraction of sp³-hybridized carbons (Fsp3) is 0.625. The zero-order valence-electron chi connectivity index (χ0n) is 12.1. The monoisotopic (exact) mass is 262 g/mol. The lowest BCUT2D eigenvalue weighted by molar-refractivity contribution is 0.183. The van der Waals surface area contributed by atoms with E-state index < -0.39 is 0 Å². The van der Waals surface area contributed by atoms with E-state index in [0.717, 1.165) is 18.4 Å². The van der Waals surface area contributed by atoms with E-state index in [1.807, 2.05) is 0 Å². The van der Waals surface area contributed by atoms with Crippen LogP contribution in [0.3, 0.4) is 0 Å². The van der Waals surface area contributed by atoms with Crippen molar-refractivity contribution in [1.29, 1.82) is 0 Å². The first-order valence-electron chi connectivity index (χ1n) is 7.26. The van der Waals surface area contributed by atoms with Gasteiger partial charge in [-0.2, -0.15) is 0 Å². The van der Waals surface area contributed by atoms with Crippen LogP contribution in [0, 0.1) is 11.8 Å². The van der Waals surface area contributed by atoms with Gasteiger partial charge in [-0.3, -0.25) is 0 Å². The zero-order valence-corrected chi connectivity index (χ0v) is 12.1. The summed E-state index contributed by atoms with van der Waals surface area (Å²) in [6.07, 6.45) is 2.80.